The fourth-order valence-electron chi connectivity index (χ4n) is 9.99. The van der Waals surface area contributed by atoms with Crippen molar-refractivity contribution in [2.75, 3.05) is 19.7 Å². The molecule has 34 heteroatoms. The van der Waals surface area contributed by atoms with Crippen LogP contribution in [0.4, 0.5) is 4.79 Å². The van der Waals surface area contributed by atoms with E-state index in [9.17, 15) is 82.8 Å². The molecule has 558 valence electrons. The molecule has 0 bridgehead atoms. The van der Waals surface area contributed by atoms with Crippen LogP contribution in [-0.2, 0) is 68.9 Å². The molecule has 23 N–H and O–H groups in total. The second kappa shape index (κ2) is 43.8. The maximum absolute atomic E-state index is 14.9. The van der Waals surface area contributed by atoms with Gasteiger partial charge in [-0.2, -0.15) is 0 Å². The van der Waals surface area contributed by atoms with Gasteiger partial charge in [0.25, 0.3) is 0 Å². The first-order valence-corrected chi connectivity index (χ1v) is 33.2. The van der Waals surface area contributed by atoms with E-state index < -0.39 is 193 Å². The molecule has 0 spiro atoms. The SMILES string of the molecule is CC[C@H](C)C(NC(=O)[C@@H](CCCNC(=N)N)NC(=O)[C@H](CC(C)C)NC(=O)[C@@H](NC(=O)[C@@H](NC(=O)[C@H](CC(C)C)NC(=O)[C@@H](CC(C)C)NC(=O)OCc1ccccc1)[C@H](N)c1ccccc1)[C@H](O)C(C)C)C(=O)N[C@H](C(=O)NCC(=O)N[C@@H](CC(N)=O)C(=O)N[C@@H](CO)C(=O)O)[C@@H](C)O. The van der Waals surface area contributed by atoms with Gasteiger partial charge >= 0.3 is 12.1 Å². The molecule has 34 nitrogen and oxygen atoms in total. The predicted molar refractivity (Wildman–Crippen MR) is 365 cm³/mol. The molecule has 2 aromatic rings. The summed E-state index contributed by atoms with van der Waals surface area (Å²) < 4.78 is 5.40. The number of alkyl carbamates (subject to hydrolysis) is 1. The number of hydrogen-bond acceptors (Lipinski definition) is 19. The summed E-state index contributed by atoms with van der Waals surface area (Å²) in [7, 11) is 0. The Bertz CT molecular complexity index is 3050. The number of benzene rings is 2. The van der Waals surface area contributed by atoms with Crippen LogP contribution in [0, 0.1) is 35.0 Å². The number of nitrogens with two attached hydrogens (primary N) is 3. The highest BCUT2D eigenvalue weighted by Crippen LogP contribution is 2.19. The van der Waals surface area contributed by atoms with Gasteiger partial charge in [0, 0.05) is 6.54 Å². The first-order chi connectivity index (χ1) is 46.9. The topological polar surface area (TPSA) is 558 Å². The number of aliphatic carboxylic acids is 1. The van der Waals surface area contributed by atoms with Crippen LogP contribution in [0.25, 0.3) is 0 Å². The largest absolute Gasteiger partial charge is 0.480 e. The van der Waals surface area contributed by atoms with Gasteiger partial charge in [-0.05, 0) is 79.7 Å². The van der Waals surface area contributed by atoms with Crippen molar-refractivity contribution in [3.63, 3.8) is 0 Å². The molecule has 1 unspecified atom stereocenters. The summed E-state index contributed by atoms with van der Waals surface area (Å²) in [5.74, 6) is -15.6. The maximum atomic E-state index is 14.9. The van der Waals surface area contributed by atoms with E-state index in [1.165, 1.54) is 0 Å². The molecule has 0 saturated heterocycles. The van der Waals surface area contributed by atoms with Gasteiger partial charge in [0.15, 0.2) is 5.96 Å². The van der Waals surface area contributed by atoms with Crippen molar-refractivity contribution in [3.05, 3.63) is 71.8 Å². The zero-order chi connectivity index (χ0) is 75.7. The summed E-state index contributed by atoms with van der Waals surface area (Å²) in [6.07, 6.45) is -4.92. The Balaban J connectivity index is 2.54. The van der Waals surface area contributed by atoms with E-state index in [1.54, 1.807) is 116 Å². The van der Waals surface area contributed by atoms with Crippen LogP contribution in [0.15, 0.2) is 60.7 Å². The number of primary amides is 1. The van der Waals surface area contributed by atoms with Gasteiger partial charge in [-0.3, -0.25) is 58.1 Å². The van der Waals surface area contributed by atoms with Gasteiger partial charge in [0.2, 0.25) is 65.0 Å². The number of guanidine groups is 1. The van der Waals surface area contributed by atoms with Gasteiger partial charge in [-0.25, -0.2) is 9.59 Å². The van der Waals surface area contributed by atoms with Gasteiger partial charge < -0.3 is 106 Å². The first-order valence-electron chi connectivity index (χ1n) is 33.2. The molecular weight excluding hydrogens is 1300 g/mol. The molecule has 2 aromatic carbocycles. The van der Waals surface area contributed by atoms with Gasteiger partial charge in [-0.15, -0.1) is 0 Å². The molecule has 100 heavy (non-hydrogen) atoms. The smallest absolute Gasteiger partial charge is 0.408 e. The van der Waals surface area contributed by atoms with Crippen LogP contribution in [0.5, 0.6) is 0 Å². The maximum Gasteiger partial charge on any atom is 0.408 e. The van der Waals surface area contributed by atoms with Gasteiger partial charge in [-0.1, -0.05) is 136 Å². The van der Waals surface area contributed by atoms with E-state index in [0.717, 1.165) is 6.92 Å². The number of carboxylic acid groups (broad SMARTS) is 1. The van der Waals surface area contributed by atoms with Crippen molar-refractivity contribution in [1.82, 2.24) is 63.8 Å². The van der Waals surface area contributed by atoms with Gasteiger partial charge in [0.05, 0.1) is 37.8 Å². The molecule has 0 aliphatic carbocycles. The molecule has 2 rings (SSSR count). The number of nitrogens with one attached hydrogen (secondary N) is 13. The molecule has 12 amide bonds. The lowest BCUT2D eigenvalue weighted by Crippen LogP contribution is -2.64. The van der Waals surface area contributed by atoms with Crippen LogP contribution in [0.3, 0.4) is 0 Å². The summed E-state index contributed by atoms with van der Waals surface area (Å²) >= 11 is 0. The minimum Gasteiger partial charge on any atom is -0.480 e. The number of carbonyl (C=O) groups is 13. The predicted octanol–water partition coefficient (Wildman–Crippen LogP) is -2.74. The molecule has 0 radical (unpaired) electrons. The van der Waals surface area contributed by atoms with E-state index in [4.69, 9.17) is 27.3 Å². The number of amides is 12. The Morgan fingerprint density at radius 2 is 0.950 bits per heavy atom. The lowest BCUT2D eigenvalue weighted by Gasteiger charge is -2.32. The molecule has 0 saturated carbocycles. The second-order valence-corrected chi connectivity index (χ2v) is 26.1. The van der Waals surface area contributed by atoms with Crippen molar-refractivity contribution in [1.29, 1.82) is 5.41 Å². The van der Waals surface area contributed by atoms with E-state index in [1.807, 2.05) is 19.2 Å². The number of aliphatic hydroxyl groups is 3. The van der Waals surface area contributed by atoms with Crippen molar-refractivity contribution >= 4 is 83.0 Å². The fourth-order valence-corrected chi connectivity index (χ4v) is 9.99. The second-order valence-electron chi connectivity index (χ2n) is 26.1. The standard InChI is InChI=1S/C66H106N16O18/c1-12-37(10)50(61(94)80-51(38(11)84)60(93)72-30-48(86)73-45(29-47(67)85)58(91)77-46(31-83)64(97)98)79-55(88)41(24-19-25-71-65(69)70)74-56(89)42(26-33(2)3)76-63(96)53(54(87)36(8)9)82-62(95)52(49(68)40-22-17-14-18-23-40)81-59(92)43(27-34(4)5)75-57(90)44(28-35(6)7)78-66(99)100-32-39-20-15-13-16-21-39/h13-18,20-23,33-38,41-46,49-54,83-84,87H,12,19,24-32,68H2,1-11H3,(H2,67,85)(H,72,93)(H,73,86)(H,74,89)(H,75,90)(H,76,96)(H,77,91)(H,78,99)(H,79,88)(H,80,94)(H,81,92)(H,82,95)(H,97,98)(H4,69,70,71)/t37-,38+,41+,42-,43-,44+,45-,46-,49+,50?,51-,52-,53-,54+/m0/s1. The van der Waals surface area contributed by atoms with Crippen LogP contribution in [0.2, 0.25) is 0 Å². The van der Waals surface area contributed by atoms with E-state index in [2.05, 4.69) is 58.5 Å². The Kier molecular flexibility index (Phi) is 37.9. The van der Waals surface area contributed by atoms with Crippen LogP contribution in [-0.4, -0.2) is 196 Å². The van der Waals surface area contributed by atoms with Crippen molar-refractivity contribution in [3.8, 4) is 0 Å². The third kappa shape index (κ3) is 31.1. The lowest BCUT2D eigenvalue weighted by molar-refractivity contribution is -0.143. The normalized spacial score (nSPS) is 15.5. The highest BCUT2D eigenvalue weighted by Gasteiger charge is 2.41. The number of carbonyl (C=O) groups excluding carboxylic acids is 12. The fraction of sp³-hybridized carbons (Fsp3) is 0.606. The van der Waals surface area contributed by atoms with E-state index in [-0.39, 0.29) is 69.4 Å². The number of rotatable bonds is 44. The summed E-state index contributed by atoms with van der Waals surface area (Å²) in [4.78, 5) is 177. The Hall–Kier alpha value is -9.54. The molecule has 0 fully saturated rings. The average Bonchev–Trinajstić information content (AvgIpc) is 0.828. The average molecular weight is 1410 g/mol. The summed E-state index contributed by atoms with van der Waals surface area (Å²) in [5.41, 5.74) is 18.6. The molecule has 14 atom stereocenters. The van der Waals surface area contributed by atoms with Crippen molar-refractivity contribution in [2.45, 2.75) is 206 Å². The molecule has 0 aliphatic heterocycles. The van der Waals surface area contributed by atoms with Crippen LogP contribution < -0.4 is 81.0 Å². The van der Waals surface area contributed by atoms with Gasteiger partial charge in [0.1, 0.15) is 67.0 Å². The first kappa shape index (κ1) is 86.5. The highest BCUT2D eigenvalue weighted by molar-refractivity contribution is 5.99. The highest BCUT2D eigenvalue weighted by atomic mass is 16.5. The van der Waals surface area contributed by atoms with Crippen molar-refractivity contribution < 1.29 is 87.5 Å². The lowest BCUT2D eigenvalue weighted by atomic mass is 9.95. The zero-order valence-electron chi connectivity index (χ0n) is 58.7. The minimum absolute atomic E-state index is 0.00847. The number of aliphatic hydroxyl groups excluding tert-OH is 3. The molecule has 0 aliphatic rings. The Labute approximate surface area is 582 Å². The minimum atomic E-state index is -1.86. The summed E-state index contributed by atoms with van der Waals surface area (Å²) in [6.45, 7) is 16.1. The number of ether oxygens (including phenoxy) is 1. The van der Waals surface area contributed by atoms with Crippen LogP contribution >= 0.6 is 0 Å². The van der Waals surface area contributed by atoms with E-state index in [0.29, 0.717) is 11.1 Å². The number of hydrogen-bond donors (Lipinski definition) is 20. The Morgan fingerprint density at radius 3 is 1.44 bits per heavy atom. The van der Waals surface area contributed by atoms with Crippen molar-refractivity contribution in [2.24, 2.45) is 46.8 Å². The molecule has 0 heterocycles. The monoisotopic (exact) mass is 1410 g/mol. The quantitative estimate of drug-likeness (QED) is 0.0182. The number of carboxylic acids is 1. The Morgan fingerprint density at radius 1 is 0.510 bits per heavy atom. The van der Waals surface area contributed by atoms with Crippen LogP contribution in [0.1, 0.15) is 138 Å². The molecular formula is C66H106N16O18. The molecule has 0 aromatic heterocycles. The van der Waals surface area contributed by atoms with E-state index >= 15 is 0 Å². The zero-order valence-corrected chi connectivity index (χ0v) is 58.7. The summed E-state index contributed by atoms with van der Waals surface area (Å²) in [5, 5.41) is 78.3. The summed E-state index contributed by atoms with van der Waals surface area (Å²) in [6, 6.07) is -0.359. The third-order valence-corrected chi connectivity index (χ3v) is 15.7. The third-order valence-electron chi connectivity index (χ3n) is 15.7.